The Hall–Kier alpha value is -2.32. The van der Waals surface area contributed by atoms with Crippen LogP contribution >= 0.6 is 0 Å². The minimum Gasteiger partial charge on any atom is -0.467 e. The normalized spacial score (nSPS) is 18.7. The number of nitrogens with one attached hydrogen (secondary N) is 1. The lowest BCUT2D eigenvalue weighted by molar-refractivity contribution is -0.151. The van der Waals surface area contributed by atoms with Gasteiger partial charge in [-0.05, 0) is 36.5 Å². The van der Waals surface area contributed by atoms with Gasteiger partial charge in [0.15, 0.2) is 0 Å². The number of carbonyl (C=O) groups excluding carboxylic acids is 2. The van der Waals surface area contributed by atoms with E-state index in [1.165, 1.54) is 12.0 Å². The van der Waals surface area contributed by atoms with Crippen molar-refractivity contribution in [2.45, 2.75) is 51.9 Å². The molecule has 5 nitrogen and oxygen atoms in total. The molecular weight excluding hydrogens is 380 g/mol. The first-order chi connectivity index (χ1) is 12.8. The Kier molecular flexibility index (Phi) is 6.25. The molecule has 0 unspecified atom stereocenters. The lowest BCUT2D eigenvalue weighted by atomic mass is 9.85. The first kappa shape index (κ1) is 22.0. The molecule has 0 aliphatic carbocycles. The van der Waals surface area contributed by atoms with E-state index in [9.17, 15) is 27.2 Å². The van der Waals surface area contributed by atoms with Crippen molar-refractivity contribution in [3.05, 3.63) is 29.6 Å². The van der Waals surface area contributed by atoms with Gasteiger partial charge in [0.25, 0.3) is 0 Å². The van der Waals surface area contributed by atoms with Crippen molar-refractivity contribution in [2.24, 2.45) is 5.41 Å². The number of carbonyl (C=O) groups is 2. The third-order valence-corrected chi connectivity index (χ3v) is 4.66. The molecule has 0 saturated carbocycles. The Bertz CT molecular complexity index is 750. The third kappa shape index (κ3) is 4.94. The number of ether oxygens (including phenoxy) is 1. The molecule has 1 saturated heterocycles. The van der Waals surface area contributed by atoms with E-state index in [0.29, 0.717) is 25.5 Å². The fourth-order valence-electron chi connectivity index (χ4n) is 3.23. The molecule has 28 heavy (non-hydrogen) atoms. The molecule has 1 fully saturated rings. The number of benzene rings is 1. The molecule has 0 aromatic heterocycles. The fourth-order valence-corrected chi connectivity index (χ4v) is 3.23. The van der Waals surface area contributed by atoms with Crippen LogP contribution in [0.25, 0.3) is 0 Å². The van der Waals surface area contributed by atoms with E-state index in [0.717, 1.165) is 12.1 Å². The minimum absolute atomic E-state index is 0. The summed E-state index contributed by atoms with van der Waals surface area (Å²) in [5.74, 6) is -2.05. The van der Waals surface area contributed by atoms with E-state index in [4.69, 9.17) is 4.74 Å². The molecule has 0 bridgehead atoms. The summed E-state index contributed by atoms with van der Waals surface area (Å²) in [4.78, 5) is 26.5. The summed E-state index contributed by atoms with van der Waals surface area (Å²) in [6.07, 6.45) is -3.65. The molecular formula is C19H26F4N2O3. The summed E-state index contributed by atoms with van der Waals surface area (Å²) in [6.45, 7) is 5.53. The molecule has 1 aliphatic heterocycles. The minimum atomic E-state index is -4.72. The predicted octanol–water partition coefficient (Wildman–Crippen LogP) is 4.08. The van der Waals surface area contributed by atoms with Gasteiger partial charge in [0.05, 0.1) is 12.7 Å². The molecule has 1 aliphatic rings. The Morgan fingerprint density at radius 3 is 2.43 bits per heavy atom. The zero-order valence-corrected chi connectivity index (χ0v) is 16.2. The summed E-state index contributed by atoms with van der Waals surface area (Å²) in [5.41, 5.74) is -2.02. The monoisotopic (exact) mass is 406 g/mol. The largest absolute Gasteiger partial charge is 0.467 e. The molecule has 9 heteroatoms. The lowest BCUT2D eigenvalue weighted by Crippen LogP contribution is -2.52. The van der Waals surface area contributed by atoms with E-state index >= 15 is 0 Å². The van der Waals surface area contributed by atoms with E-state index in [1.807, 2.05) is 0 Å². The van der Waals surface area contributed by atoms with Crippen molar-refractivity contribution in [3.63, 3.8) is 0 Å². The van der Waals surface area contributed by atoms with Crippen LogP contribution in [0.5, 0.6) is 0 Å². The lowest BCUT2D eigenvalue weighted by Gasteiger charge is -2.35. The van der Waals surface area contributed by atoms with Crippen molar-refractivity contribution >= 4 is 17.6 Å². The number of esters is 1. The number of anilines is 1. The number of halogens is 4. The highest BCUT2D eigenvalue weighted by Crippen LogP contribution is 2.33. The average Bonchev–Trinajstić information content (AvgIpc) is 3.06. The second-order valence-electron chi connectivity index (χ2n) is 7.88. The number of likely N-dealkylation sites (tertiary alicyclic amines) is 1. The predicted molar refractivity (Wildman–Crippen MR) is 97.1 cm³/mol. The highest BCUT2D eigenvalue weighted by atomic mass is 19.4. The maximum absolute atomic E-state index is 13.7. The molecule has 0 radical (unpaired) electrons. The van der Waals surface area contributed by atoms with Crippen molar-refractivity contribution in [1.82, 2.24) is 4.90 Å². The van der Waals surface area contributed by atoms with Gasteiger partial charge in [-0.25, -0.2) is 9.18 Å². The van der Waals surface area contributed by atoms with Crippen molar-refractivity contribution in [2.75, 3.05) is 19.0 Å². The van der Waals surface area contributed by atoms with Crippen molar-refractivity contribution in [1.29, 1.82) is 0 Å². The molecule has 1 aromatic rings. The Morgan fingerprint density at radius 2 is 1.89 bits per heavy atom. The maximum Gasteiger partial charge on any atom is 0.416 e. The molecule has 2 rings (SSSR count). The summed E-state index contributed by atoms with van der Waals surface area (Å²) in [5, 5.41) is 2.74. The van der Waals surface area contributed by atoms with Crippen LogP contribution in [-0.4, -0.2) is 42.5 Å². The average molecular weight is 406 g/mol. The molecule has 2 atom stereocenters. The van der Waals surface area contributed by atoms with E-state index < -0.39 is 46.9 Å². The van der Waals surface area contributed by atoms with E-state index in [-0.39, 0.29) is 7.11 Å². The molecule has 1 heterocycles. The highest BCUT2D eigenvalue weighted by molar-refractivity contribution is 5.90. The quantitative estimate of drug-likeness (QED) is 0.605. The van der Waals surface area contributed by atoms with Gasteiger partial charge in [-0.2, -0.15) is 13.2 Å². The Labute approximate surface area is 162 Å². The molecule has 1 aromatic carbocycles. The number of rotatable bonds is 4. The van der Waals surface area contributed by atoms with Crippen LogP contribution in [0.3, 0.4) is 0 Å². The van der Waals surface area contributed by atoms with Gasteiger partial charge in [0.2, 0.25) is 5.91 Å². The van der Waals surface area contributed by atoms with Gasteiger partial charge in [0, 0.05) is 13.7 Å². The third-order valence-electron chi connectivity index (χ3n) is 4.66. The number of hydrogen-bond acceptors (Lipinski definition) is 4. The number of amides is 1. The molecule has 158 valence electrons. The topological polar surface area (TPSA) is 58.6 Å². The van der Waals surface area contributed by atoms with Crippen LogP contribution in [0, 0.1) is 11.2 Å². The van der Waals surface area contributed by atoms with Gasteiger partial charge < -0.3 is 15.0 Å². The van der Waals surface area contributed by atoms with Crippen LogP contribution in [0.4, 0.5) is 23.2 Å². The Morgan fingerprint density at radius 1 is 1.25 bits per heavy atom. The van der Waals surface area contributed by atoms with E-state index in [1.54, 1.807) is 20.8 Å². The second kappa shape index (κ2) is 7.97. The first-order valence-electron chi connectivity index (χ1n) is 8.87. The number of nitrogens with zero attached hydrogens (tertiary/aromatic N) is 1. The number of alkyl halides is 3. The number of hydrogen-bond donors (Lipinski definition) is 1. The molecule has 1 amide bonds. The van der Waals surface area contributed by atoms with Crippen LogP contribution in [0.15, 0.2) is 18.2 Å². The SMILES string of the molecule is COC(=O)[C@@H]1CCCN1C(=O)[C@@H](Nc1cc(F)cc(C(F)(F)F)c1)C(C)(C)C.[HH]. The summed E-state index contributed by atoms with van der Waals surface area (Å²) < 4.78 is 57.4. The molecule has 0 spiro atoms. The summed E-state index contributed by atoms with van der Waals surface area (Å²) in [6, 6.07) is 0.357. The maximum atomic E-state index is 13.7. The van der Waals surface area contributed by atoms with Crippen LogP contribution < -0.4 is 5.32 Å². The fraction of sp³-hybridized carbons (Fsp3) is 0.579. The van der Waals surface area contributed by atoms with Gasteiger partial charge >= 0.3 is 12.1 Å². The van der Waals surface area contributed by atoms with Crippen molar-refractivity contribution in [3.8, 4) is 0 Å². The molecule has 1 N–H and O–H groups in total. The van der Waals surface area contributed by atoms with Crippen LogP contribution in [0.1, 0.15) is 40.6 Å². The standard InChI is InChI=1S/C19H24F4N2O3.H2/c1-18(2,3)15(16(26)25-7-5-6-14(25)17(27)28-4)24-13-9-11(19(21,22)23)8-12(20)10-13;/h8-10,14-15,24H,5-7H2,1-4H3;1H/t14-,15+;/m0./s1. The highest BCUT2D eigenvalue weighted by Gasteiger charge is 2.42. The number of methoxy groups -OCH3 is 1. The second-order valence-corrected chi connectivity index (χ2v) is 7.88. The van der Waals surface area contributed by atoms with Gasteiger partial charge in [-0.3, -0.25) is 4.79 Å². The van der Waals surface area contributed by atoms with Gasteiger partial charge in [-0.1, -0.05) is 20.8 Å². The van der Waals surface area contributed by atoms with Crippen molar-refractivity contribution < 1.29 is 33.3 Å². The zero-order chi connectivity index (χ0) is 21.3. The summed E-state index contributed by atoms with van der Waals surface area (Å²) >= 11 is 0. The first-order valence-corrected chi connectivity index (χ1v) is 8.87. The van der Waals surface area contributed by atoms with Gasteiger partial charge in [0.1, 0.15) is 17.9 Å². The Balaban J connectivity index is 0.00000420. The smallest absolute Gasteiger partial charge is 0.416 e. The van der Waals surface area contributed by atoms with Gasteiger partial charge in [-0.15, -0.1) is 0 Å². The van der Waals surface area contributed by atoms with E-state index in [2.05, 4.69) is 5.32 Å². The zero-order valence-electron chi connectivity index (χ0n) is 16.2. The van der Waals surface area contributed by atoms with Crippen LogP contribution in [0.2, 0.25) is 0 Å². The van der Waals surface area contributed by atoms with Crippen LogP contribution in [-0.2, 0) is 20.5 Å². The summed E-state index contributed by atoms with van der Waals surface area (Å²) in [7, 11) is 1.23.